The van der Waals surface area contributed by atoms with Gasteiger partial charge in [-0.2, -0.15) is 10.1 Å². The third-order valence-electron chi connectivity index (χ3n) is 8.86. The fourth-order valence-electron chi connectivity index (χ4n) is 6.28. The number of aliphatic imine (C=N–C) groups is 1. The summed E-state index contributed by atoms with van der Waals surface area (Å²) in [5.74, 6) is -0.740. The smallest absolute Gasteiger partial charge is 0.257 e. The summed E-state index contributed by atoms with van der Waals surface area (Å²) >= 11 is 0. The molecule has 2 aliphatic rings. The number of hydrogen-bond acceptors (Lipinski definition) is 6. The zero-order valence-corrected chi connectivity index (χ0v) is 25.1. The number of amides is 2. The van der Waals surface area contributed by atoms with E-state index >= 15 is 0 Å². The SMILES string of the molecule is COC1=NC(=O)C(CNC(=O)c2cc3c(-c4ccnn4C)ccn3c(C(C)N3CCC(N(C)C)CC3)c2C)C(C)=C1. The van der Waals surface area contributed by atoms with Gasteiger partial charge in [0.2, 0.25) is 5.90 Å². The van der Waals surface area contributed by atoms with E-state index in [4.69, 9.17) is 4.74 Å². The van der Waals surface area contributed by atoms with Gasteiger partial charge in [0.1, 0.15) is 0 Å². The molecule has 41 heavy (non-hydrogen) atoms. The van der Waals surface area contributed by atoms with Crippen molar-refractivity contribution in [3.8, 4) is 11.3 Å². The van der Waals surface area contributed by atoms with Gasteiger partial charge in [-0.15, -0.1) is 0 Å². The predicted molar refractivity (Wildman–Crippen MR) is 160 cm³/mol. The van der Waals surface area contributed by atoms with Crippen LogP contribution in [0.5, 0.6) is 0 Å². The second kappa shape index (κ2) is 11.6. The molecule has 2 aliphatic heterocycles. The first-order valence-corrected chi connectivity index (χ1v) is 14.3. The second-order valence-electron chi connectivity index (χ2n) is 11.4. The van der Waals surface area contributed by atoms with E-state index in [2.05, 4.69) is 62.9 Å². The zero-order valence-electron chi connectivity index (χ0n) is 25.1. The van der Waals surface area contributed by atoms with E-state index in [0.717, 1.165) is 59.5 Å². The van der Waals surface area contributed by atoms with Gasteiger partial charge in [-0.1, -0.05) is 5.57 Å². The first-order chi connectivity index (χ1) is 19.6. The van der Waals surface area contributed by atoms with Crippen molar-refractivity contribution in [1.29, 1.82) is 0 Å². The maximum atomic E-state index is 13.8. The van der Waals surface area contributed by atoms with E-state index in [9.17, 15) is 9.59 Å². The van der Waals surface area contributed by atoms with Crippen molar-refractivity contribution in [1.82, 2.24) is 29.3 Å². The summed E-state index contributed by atoms with van der Waals surface area (Å²) in [6.45, 7) is 8.29. The fourth-order valence-corrected chi connectivity index (χ4v) is 6.28. The molecule has 10 heteroatoms. The molecule has 5 rings (SSSR count). The number of hydrogen-bond donors (Lipinski definition) is 1. The lowest BCUT2D eigenvalue weighted by Crippen LogP contribution is -2.43. The monoisotopic (exact) mass is 559 g/mol. The number of fused-ring (bicyclic) bond motifs is 1. The molecule has 10 nitrogen and oxygen atoms in total. The highest BCUT2D eigenvalue weighted by molar-refractivity contribution is 6.03. The van der Waals surface area contributed by atoms with Crippen molar-refractivity contribution in [3.05, 3.63) is 59.1 Å². The summed E-state index contributed by atoms with van der Waals surface area (Å²) in [7, 11) is 7.72. The fraction of sp³-hybridized carbons (Fsp3) is 0.484. The minimum atomic E-state index is -0.517. The summed E-state index contributed by atoms with van der Waals surface area (Å²) in [5, 5.41) is 7.41. The Morgan fingerprint density at radius 3 is 2.56 bits per heavy atom. The molecule has 3 aromatic rings. The van der Waals surface area contributed by atoms with Gasteiger partial charge in [-0.25, -0.2) is 0 Å². The van der Waals surface area contributed by atoms with Crippen LogP contribution in [0.4, 0.5) is 0 Å². The van der Waals surface area contributed by atoms with Crippen molar-refractivity contribution in [2.24, 2.45) is 18.0 Å². The maximum absolute atomic E-state index is 13.8. The number of carbonyl (C=O) groups excluding carboxylic acids is 2. The lowest BCUT2D eigenvalue weighted by Gasteiger charge is -2.39. The van der Waals surface area contributed by atoms with E-state index < -0.39 is 5.92 Å². The van der Waals surface area contributed by atoms with Crippen LogP contribution in [0.15, 0.2) is 47.2 Å². The Morgan fingerprint density at radius 1 is 1.22 bits per heavy atom. The lowest BCUT2D eigenvalue weighted by molar-refractivity contribution is -0.120. The highest BCUT2D eigenvalue weighted by atomic mass is 16.5. The van der Waals surface area contributed by atoms with Crippen molar-refractivity contribution in [2.75, 3.05) is 40.8 Å². The molecule has 1 N–H and O–H groups in total. The first kappa shape index (κ1) is 28.8. The molecule has 2 unspecified atom stereocenters. The van der Waals surface area contributed by atoms with Gasteiger partial charge < -0.3 is 19.4 Å². The van der Waals surface area contributed by atoms with Gasteiger partial charge in [0, 0.05) is 74.1 Å². The van der Waals surface area contributed by atoms with E-state index in [1.807, 2.05) is 37.7 Å². The molecule has 2 atom stereocenters. The number of rotatable bonds is 7. The number of nitrogens with zero attached hydrogens (tertiary/aromatic N) is 6. The first-order valence-electron chi connectivity index (χ1n) is 14.3. The molecule has 0 radical (unpaired) electrons. The molecular weight excluding hydrogens is 518 g/mol. The van der Waals surface area contributed by atoms with Crippen LogP contribution in [-0.4, -0.2) is 88.6 Å². The van der Waals surface area contributed by atoms with E-state index in [-0.39, 0.29) is 24.4 Å². The van der Waals surface area contributed by atoms with Gasteiger partial charge in [0.15, 0.2) is 0 Å². The third-order valence-corrected chi connectivity index (χ3v) is 8.86. The number of methoxy groups -OCH3 is 1. The third kappa shape index (κ3) is 5.46. The molecule has 0 spiro atoms. The van der Waals surface area contributed by atoms with Crippen molar-refractivity contribution in [3.63, 3.8) is 0 Å². The number of likely N-dealkylation sites (tertiary alicyclic amines) is 1. The van der Waals surface area contributed by atoms with Crippen LogP contribution in [0.2, 0.25) is 0 Å². The number of nitrogens with one attached hydrogen (secondary N) is 1. The number of pyridine rings is 1. The van der Waals surface area contributed by atoms with Crippen LogP contribution >= 0.6 is 0 Å². The molecule has 0 saturated carbocycles. The highest BCUT2D eigenvalue weighted by Gasteiger charge is 2.30. The minimum Gasteiger partial charge on any atom is -0.481 e. The molecule has 0 aliphatic carbocycles. The van der Waals surface area contributed by atoms with E-state index in [1.54, 1.807) is 12.3 Å². The average Bonchev–Trinajstić information content (AvgIpc) is 3.56. The number of carbonyl (C=O) groups is 2. The Bertz CT molecular complexity index is 1520. The number of dihydropyridines is 1. The average molecular weight is 560 g/mol. The summed E-state index contributed by atoms with van der Waals surface area (Å²) in [4.78, 5) is 35.3. The van der Waals surface area contributed by atoms with Crippen molar-refractivity contribution >= 4 is 23.2 Å². The Hall–Kier alpha value is -3.76. The van der Waals surface area contributed by atoms with Crippen LogP contribution < -0.4 is 5.32 Å². The standard InChI is InChI=1S/C31H41N7O3/c1-19-16-28(41-7)34-31(40)25(19)18-32-30(39)24-17-27-23(26-8-12-33-36(26)6)11-15-38(27)29(20(24)2)21(3)37-13-9-22(10-14-37)35(4)5/h8,11-12,15-17,21-22,25H,9-10,13-14,18H2,1-7H3,(H,32,39). The molecule has 2 amide bonds. The van der Waals surface area contributed by atoms with Crippen LogP contribution in [0.1, 0.15) is 54.3 Å². The van der Waals surface area contributed by atoms with Crippen LogP contribution in [0, 0.1) is 12.8 Å². The summed E-state index contributed by atoms with van der Waals surface area (Å²) in [5.41, 5.74) is 6.41. The van der Waals surface area contributed by atoms with Crippen LogP contribution in [-0.2, 0) is 16.6 Å². The van der Waals surface area contributed by atoms with Crippen LogP contribution in [0.25, 0.3) is 16.8 Å². The van der Waals surface area contributed by atoms with Gasteiger partial charge in [0.05, 0.1) is 24.2 Å². The Balaban J connectivity index is 1.50. The predicted octanol–water partition coefficient (Wildman–Crippen LogP) is 3.61. The molecule has 218 valence electrons. The van der Waals surface area contributed by atoms with E-state index in [1.165, 1.54) is 7.11 Å². The Labute approximate surface area is 241 Å². The van der Waals surface area contributed by atoms with Gasteiger partial charge in [-0.05, 0) is 71.5 Å². The summed E-state index contributed by atoms with van der Waals surface area (Å²) < 4.78 is 9.21. The lowest BCUT2D eigenvalue weighted by atomic mass is 9.96. The molecule has 5 heterocycles. The number of aryl methyl sites for hydroxylation is 1. The van der Waals surface area contributed by atoms with Crippen LogP contribution in [0.3, 0.4) is 0 Å². The van der Waals surface area contributed by atoms with Gasteiger partial charge in [-0.3, -0.25) is 19.2 Å². The molecule has 1 saturated heterocycles. The number of aromatic nitrogens is 3. The van der Waals surface area contributed by atoms with Crippen molar-refractivity contribution < 1.29 is 14.3 Å². The topological polar surface area (TPSA) is 96.5 Å². The quantitative estimate of drug-likeness (QED) is 0.475. The number of ether oxygens (including phenoxy) is 1. The molecule has 3 aromatic heterocycles. The maximum Gasteiger partial charge on any atom is 0.257 e. The minimum absolute atomic E-state index is 0.104. The van der Waals surface area contributed by atoms with E-state index in [0.29, 0.717) is 17.5 Å². The Kier molecular flexibility index (Phi) is 8.15. The van der Waals surface area contributed by atoms with Crippen molar-refractivity contribution in [2.45, 2.75) is 45.7 Å². The van der Waals surface area contributed by atoms with Gasteiger partial charge >= 0.3 is 0 Å². The molecule has 0 aromatic carbocycles. The zero-order chi connectivity index (χ0) is 29.4. The largest absolute Gasteiger partial charge is 0.481 e. The highest BCUT2D eigenvalue weighted by Crippen LogP contribution is 2.34. The number of piperidine rings is 1. The molecule has 0 bridgehead atoms. The second-order valence-corrected chi connectivity index (χ2v) is 11.4. The van der Waals surface area contributed by atoms with Gasteiger partial charge in [0.25, 0.3) is 11.8 Å². The Morgan fingerprint density at radius 2 is 1.95 bits per heavy atom. The summed E-state index contributed by atoms with van der Waals surface area (Å²) in [6, 6.07) is 6.75. The molecule has 1 fully saturated rings. The summed E-state index contributed by atoms with van der Waals surface area (Å²) in [6.07, 6.45) is 7.86. The molecular formula is C31H41N7O3. The normalized spacial score (nSPS) is 19.4.